The summed E-state index contributed by atoms with van der Waals surface area (Å²) in [4.78, 5) is 12.0. The van der Waals surface area contributed by atoms with Crippen LogP contribution in [0.2, 0.25) is 0 Å². The molecule has 1 atom stereocenters. The molecule has 0 aliphatic carbocycles. The number of carbonyl (C=O) groups is 1. The van der Waals surface area contributed by atoms with Crippen LogP contribution in [0.25, 0.3) is 0 Å². The summed E-state index contributed by atoms with van der Waals surface area (Å²) in [6.45, 7) is 7.46. The molecule has 0 fully saturated rings. The maximum atomic E-state index is 12.0. The monoisotopic (exact) mass is 384 g/mol. The molecule has 0 bridgehead atoms. The molecule has 27 heavy (non-hydrogen) atoms. The maximum Gasteiger partial charge on any atom is 0.335 e. The van der Waals surface area contributed by atoms with E-state index < -0.39 is 0 Å². The van der Waals surface area contributed by atoms with Crippen molar-refractivity contribution in [2.45, 2.75) is 136 Å². The predicted molar refractivity (Wildman–Crippen MR) is 116 cm³/mol. The lowest BCUT2D eigenvalue weighted by molar-refractivity contribution is -0.157. The van der Waals surface area contributed by atoms with Gasteiger partial charge in [-0.05, 0) is 19.8 Å². The molecule has 0 N–H and O–H groups in total. The number of carbonyl (C=O) groups excluding carboxylic acids is 1. The van der Waals surface area contributed by atoms with Crippen LogP contribution in [0.3, 0.4) is 0 Å². The molecule has 0 heterocycles. The summed E-state index contributed by atoms with van der Waals surface area (Å²) in [6.07, 6.45) is 21.3. The summed E-state index contributed by atoms with van der Waals surface area (Å²) >= 11 is 0. The lowest BCUT2D eigenvalue weighted by atomic mass is 10.0. The molecule has 1 unspecified atom stereocenters. The van der Waals surface area contributed by atoms with Crippen LogP contribution < -0.4 is 0 Å². The first-order chi connectivity index (χ1) is 13.3. The standard InChI is InChI=1S/C24H48O3/c1-4-7-9-10-11-12-13-14-15-16-17-18-19-20-22-27-24(25)23(26-6-3)21-8-5-2/h23H,4-22H2,1-3H3. The number of ether oxygens (including phenoxy) is 2. The van der Waals surface area contributed by atoms with Gasteiger partial charge in [-0.2, -0.15) is 0 Å². The number of hydrogen-bond donors (Lipinski definition) is 0. The summed E-state index contributed by atoms with van der Waals surface area (Å²) < 4.78 is 10.9. The van der Waals surface area contributed by atoms with Crippen molar-refractivity contribution >= 4 is 5.97 Å². The maximum absolute atomic E-state index is 12.0. The molecule has 3 heteroatoms. The summed E-state index contributed by atoms with van der Waals surface area (Å²) in [5.41, 5.74) is 0. The van der Waals surface area contributed by atoms with Gasteiger partial charge in [0.25, 0.3) is 0 Å². The molecule has 162 valence electrons. The van der Waals surface area contributed by atoms with E-state index in [1.54, 1.807) is 0 Å². The van der Waals surface area contributed by atoms with Gasteiger partial charge in [0.15, 0.2) is 6.10 Å². The highest BCUT2D eigenvalue weighted by Gasteiger charge is 2.19. The molecule has 0 rings (SSSR count). The van der Waals surface area contributed by atoms with Crippen LogP contribution in [0.15, 0.2) is 0 Å². The summed E-state index contributed by atoms with van der Waals surface area (Å²) in [7, 11) is 0. The van der Waals surface area contributed by atoms with E-state index in [1.165, 1.54) is 83.5 Å². The molecular weight excluding hydrogens is 336 g/mol. The molecule has 0 amide bonds. The van der Waals surface area contributed by atoms with Crippen molar-refractivity contribution in [3.8, 4) is 0 Å². The fourth-order valence-electron chi connectivity index (χ4n) is 3.42. The quantitative estimate of drug-likeness (QED) is 0.151. The fraction of sp³-hybridized carbons (Fsp3) is 0.958. The lowest BCUT2D eigenvalue weighted by Gasteiger charge is -2.15. The first-order valence-corrected chi connectivity index (χ1v) is 12.0. The third-order valence-corrected chi connectivity index (χ3v) is 5.19. The van der Waals surface area contributed by atoms with Crippen LogP contribution in [0, 0.1) is 0 Å². The third-order valence-electron chi connectivity index (χ3n) is 5.19. The number of unbranched alkanes of at least 4 members (excludes halogenated alkanes) is 14. The van der Waals surface area contributed by atoms with E-state index in [2.05, 4.69) is 13.8 Å². The number of esters is 1. The highest BCUT2D eigenvalue weighted by Crippen LogP contribution is 2.13. The van der Waals surface area contributed by atoms with Crippen LogP contribution in [0.5, 0.6) is 0 Å². The van der Waals surface area contributed by atoms with Gasteiger partial charge < -0.3 is 9.47 Å². The number of hydrogen-bond acceptors (Lipinski definition) is 3. The van der Waals surface area contributed by atoms with E-state index in [9.17, 15) is 4.79 Å². The second-order valence-corrected chi connectivity index (χ2v) is 7.85. The van der Waals surface area contributed by atoms with E-state index >= 15 is 0 Å². The van der Waals surface area contributed by atoms with Gasteiger partial charge in [0.2, 0.25) is 0 Å². The van der Waals surface area contributed by atoms with Crippen molar-refractivity contribution < 1.29 is 14.3 Å². The first kappa shape index (κ1) is 26.4. The molecule has 0 saturated heterocycles. The topological polar surface area (TPSA) is 35.5 Å². The molecule has 0 spiro atoms. The minimum Gasteiger partial charge on any atom is -0.464 e. The Morgan fingerprint density at radius 3 is 1.52 bits per heavy atom. The van der Waals surface area contributed by atoms with Crippen LogP contribution >= 0.6 is 0 Å². The molecule has 0 saturated carbocycles. The second-order valence-electron chi connectivity index (χ2n) is 7.85. The molecule has 0 aromatic rings. The van der Waals surface area contributed by atoms with Gasteiger partial charge in [-0.3, -0.25) is 0 Å². The summed E-state index contributed by atoms with van der Waals surface area (Å²) in [5, 5.41) is 0. The Morgan fingerprint density at radius 2 is 1.07 bits per heavy atom. The van der Waals surface area contributed by atoms with E-state index in [-0.39, 0.29) is 12.1 Å². The lowest BCUT2D eigenvalue weighted by Crippen LogP contribution is -2.27. The normalized spacial score (nSPS) is 12.3. The summed E-state index contributed by atoms with van der Waals surface area (Å²) in [5.74, 6) is -0.167. The van der Waals surface area contributed by atoms with E-state index in [1.807, 2.05) is 6.92 Å². The van der Waals surface area contributed by atoms with Crippen molar-refractivity contribution in [1.82, 2.24) is 0 Å². The molecule has 0 aliphatic heterocycles. The largest absolute Gasteiger partial charge is 0.464 e. The Labute approximate surface area is 170 Å². The van der Waals surface area contributed by atoms with Gasteiger partial charge >= 0.3 is 5.97 Å². The van der Waals surface area contributed by atoms with Crippen LogP contribution in [-0.2, 0) is 14.3 Å². The van der Waals surface area contributed by atoms with Crippen molar-refractivity contribution in [3.05, 3.63) is 0 Å². The Balaban J connectivity index is 3.35. The Bertz CT molecular complexity index is 304. The van der Waals surface area contributed by atoms with Gasteiger partial charge in [0.05, 0.1) is 6.61 Å². The van der Waals surface area contributed by atoms with Crippen LogP contribution in [0.4, 0.5) is 0 Å². The zero-order valence-corrected chi connectivity index (χ0v) is 18.7. The van der Waals surface area contributed by atoms with E-state index in [4.69, 9.17) is 9.47 Å². The number of rotatable bonds is 21. The molecule has 0 aromatic carbocycles. The average Bonchev–Trinajstić information content (AvgIpc) is 2.68. The van der Waals surface area contributed by atoms with E-state index in [0.29, 0.717) is 13.2 Å². The van der Waals surface area contributed by atoms with Crippen molar-refractivity contribution in [2.75, 3.05) is 13.2 Å². The zero-order chi connectivity index (χ0) is 20.0. The Hall–Kier alpha value is -0.570. The Kier molecular flexibility index (Phi) is 21.3. The second kappa shape index (κ2) is 21.7. The zero-order valence-electron chi connectivity index (χ0n) is 18.7. The third kappa shape index (κ3) is 18.6. The minimum atomic E-state index is -0.360. The minimum absolute atomic E-state index is 0.167. The highest BCUT2D eigenvalue weighted by atomic mass is 16.6. The van der Waals surface area contributed by atoms with E-state index in [0.717, 1.165) is 25.7 Å². The molecule has 0 radical (unpaired) electrons. The Morgan fingerprint density at radius 1 is 0.630 bits per heavy atom. The van der Waals surface area contributed by atoms with Crippen molar-refractivity contribution in [3.63, 3.8) is 0 Å². The van der Waals surface area contributed by atoms with Gasteiger partial charge in [0.1, 0.15) is 0 Å². The molecule has 0 aromatic heterocycles. The smallest absolute Gasteiger partial charge is 0.335 e. The fourth-order valence-corrected chi connectivity index (χ4v) is 3.42. The average molecular weight is 385 g/mol. The van der Waals surface area contributed by atoms with Gasteiger partial charge in [-0.1, -0.05) is 110 Å². The van der Waals surface area contributed by atoms with Crippen molar-refractivity contribution in [1.29, 1.82) is 0 Å². The first-order valence-electron chi connectivity index (χ1n) is 12.0. The van der Waals surface area contributed by atoms with Crippen LogP contribution in [0.1, 0.15) is 130 Å². The highest BCUT2D eigenvalue weighted by molar-refractivity contribution is 5.74. The molecule has 0 aliphatic rings. The summed E-state index contributed by atoms with van der Waals surface area (Å²) in [6, 6.07) is 0. The van der Waals surface area contributed by atoms with Crippen molar-refractivity contribution in [2.24, 2.45) is 0 Å². The van der Waals surface area contributed by atoms with Gasteiger partial charge in [-0.15, -0.1) is 0 Å². The van der Waals surface area contributed by atoms with Gasteiger partial charge in [-0.25, -0.2) is 4.79 Å². The molecular formula is C24H48O3. The molecule has 3 nitrogen and oxygen atoms in total. The van der Waals surface area contributed by atoms with Crippen LogP contribution in [-0.4, -0.2) is 25.3 Å². The van der Waals surface area contributed by atoms with Gasteiger partial charge in [0, 0.05) is 6.61 Å². The predicted octanol–water partition coefficient (Wildman–Crippen LogP) is 7.61. The SMILES string of the molecule is CCCCCCCCCCCCCCCCOC(=O)C(CCCC)OCC.